The van der Waals surface area contributed by atoms with Gasteiger partial charge >= 0.3 is 5.97 Å². The molecule has 4 heteroatoms. The Kier molecular flexibility index (Phi) is 6.08. The van der Waals surface area contributed by atoms with Gasteiger partial charge in [0.05, 0.1) is 6.42 Å². The summed E-state index contributed by atoms with van der Waals surface area (Å²) >= 11 is 1.77. The highest BCUT2D eigenvalue weighted by molar-refractivity contribution is 7.99. The van der Waals surface area contributed by atoms with Crippen molar-refractivity contribution in [1.29, 1.82) is 0 Å². The van der Waals surface area contributed by atoms with E-state index in [0.717, 1.165) is 12.2 Å². The van der Waals surface area contributed by atoms with Crippen molar-refractivity contribution in [3.8, 4) is 0 Å². The molecule has 0 aromatic heterocycles. The average Bonchev–Trinajstić information content (AvgIpc) is 2.30. The summed E-state index contributed by atoms with van der Waals surface area (Å²) in [5.74, 6) is 0.187. The van der Waals surface area contributed by atoms with Crippen LogP contribution in [0.25, 0.3) is 0 Å². The Morgan fingerprint density at radius 3 is 2.59 bits per heavy atom. The summed E-state index contributed by atoms with van der Waals surface area (Å²) in [4.78, 5) is 11.8. The lowest BCUT2D eigenvalue weighted by Crippen LogP contribution is -2.28. The van der Waals surface area contributed by atoms with E-state index >= 15 is 0 Å². The molecule has 3 nitrogen and oxygen atoms in total. The van der Waals surface area contributed by atoms with Gasteiger partial charge in [0.15, 0.2) is 0 Å². The number of hydrogen-bond acceptors (Lipinski definition) is 3. The lowest BCUT2D eigenvalue weighted by Gasteiger charge is -2.13. The van der Waals surface area contributed by atoms with Crippen LogP contribution in [0.1, 0.15) is 18.4 Å². The molecule has 0 aliphatic heterocycles. The number of carboxylic acid groups (broad SMARTS) is 1. The topological polar surface area (TPSA) is 49.3 Å². The molecule has 0 aliphatic rings. The van der Waals surface area contributed by atoms with Crippen LogP contribution in [0.5, 0.6) is 0 Å². The number of nitrogens with one attached hydrogen (secondary N) is 1. The number of carbonyl (C=O) groups is 1. The van der Waals surface area contributed by atoms with Crippen LogP contribution in [0.15, 0.2) is 29.2 Å². The van der Waals surface area contributed by atoms with Gasteiger partial charge in [0.25, 0.3) is 0 Å². The number of aryl methyl sites for hydroxylation is 1. The summed E-state index contributed by atoms with van der Waals surface area (Å²) < 4.78 is 0. The Labute approximate surface area is 107 Å². The van der Waals surface area contributed by atoms with E-state index in [-0.39, 0.29) is 12.5 Å². The second kappa shape index (κ2) is 7.35. The van der Waals surface area contributed by atoms with E-state index in [0.29, 0.717) is 0 Å². The Hall–Kier alpha value is -1.00. The van der Waals surface area contributed by atoms with E-state index < -0.39 is 5.97 Å². The Morgan fingerprint density at radius 2 is 2.06 bits per heavy atom. The van der Waals surface area contributed by atoms with Crippen molar-refractivity contribution in [1.82, 2.24) is 5.32 Å². The highest BCUT2D eigenvalue weighted by Crippen LogP contribution is 2.20. The molecule has 0 saturated heterocycles. The first-order chi connectivity index (χ1) is 8.11. The van der Waals surface area contributed by atoms with Crippen molar-refractivity contribution in [2.45, 2.75) is 30.7 Å². The molecule has 0 saturated carbocycles. The quantitative estimate of drug-likeness (QED) is 0.733. The highest BCUT2D eigenvalue weighted by atomic mass is 32.2. The minimum Gasteiger partial charge on any atom is -0.481 e. The summed E-state index contributed by atoms with van der Waals surface area (Å²) in [5, 5.41) is 11.7. The fourth-order valence-electron chi connectivity index (χ4n) is 1.51. The van der Waals surface area contributed by atoms with Crippen molar-refractivity contribution in [3.63, 3.8) is 0 Å². The molecule has 0 spiro atoms. The molecular formula is C13H19NO2S. The lowest BCUT2D eigenvalue weighted by atomic mass is 10.1. The van der Waals surface area contributed by atoms with Crippen LogP contribution >= 0.6 is 11.8 Å². The molecule has 1 atom stereocenters. The maximum Gasteiger partial charge on any atom is 0.304 e. The van der Waals surface area contributed by atoms with Crippen LogP contribution in [0.4, 0.5) is 0 Å². The van der Waals surface area contributed by atoms with Crippen molar-refractivity contribution in [2.75, 3.05) is 12.8 Å². The summed E-state index contributed by atoms with van der Waals surface area (Å²) in [5.41, 5.74) is 1.26. The summed E-state index contributed by atoms with van der Waals surface area (Å²) in [7, 11) is 1.81. The van der Waals surface area contributed by atoms with E-state index in [1.165, 1.54) is 10.5 Å². The van der Waals surface area contributed by atoms with Gasteiger partial charge in [0.1, 0.15) is 0 Å². The molecule has 0 radical (unpaired) electrons. The normalized spacial score (nSPS) is 12.4. The molecule has 0 aliphatic carbocycles. The van der Waals surface area contributed by atoms with Gasteiger partial charge in [-0.05, 0) is 38.3 Å². The average molecular weight is 253 g/mol. The van der Waals surface area contributed by atoms with Crippen LogP contribution in [0.3, 0.4) is 0 Å². The lowest BCUT2D eigenvalue weighted by molar-refractivity contribution is -0.137. The zero-order valence-electron chi connectivity index (χ0n) is 10.3. The van der Waals surface area contributed by atoms with Crippen molar-refractivity contribution < 1.29 is 9.90 Å². The van der Waals surface area contributed by atoms with E-state index in [4.69, 9.17) is 5.11 Å². The molecule has 0 heterocycles. The first-order valence-corrected chi connectivity index (χ1v) is 6.69. The molecule has 2 N–H and O–H groups in total. The smallest absolute Gasteiger partial charge is 0.304 e. The zero-order valence-corrected chi connectivity index (χ0v) is 11.1. The number of benzene rings is 1. The number of rotatable bonds is 7. The van der Waals surface area contributed by atoms with Crippen LogP contribution in [-0.4, -0.2) is 29.9 Å². The van der Waals surface area contributed by atoms with Crippen molar-refractivity contribution in [3.05, 3.63) is 29.8 Å². The van der Waals surface area contributed by atoms with E-state index in [9.17, 15) is 4.79 Å². The first-order valence-electron chi connectivity index (χ1n) is 5.70. The Morgan fingerprint density at radius 1 is 1.41 bits per heavy atom. The van der Waals surface area contributed by atoms with Gasteiger partial charge in [-0.1, -0.05) is 17.7 Å². The van der Waals surface area contributed by atoms with Gasteiger partial charge in [-0.15, -0.1) is 11.8 Å². The molecule has 1 aromatic carbocycles. The summed E-state index contributed by atoms with van der Waals surface area (Å²) in [6, 6.07) is 8.45. The largest absolute Gasteiger partial charge is 0.481 e. The third-order valence-electron chi connectivity index (χ3n) is 2.59. The van der Waals surface area contributed by atoms with Crippen molar-refractivity contribution in [2.24, 2.45) is 0 Å². The van der Waals surface area contributed by atoms with Gasteiger partial charge in [0.2, 0.25) is 0 Å². The molecule has 1 rings (SSSR count). The molecule has 1 aromatic rings. The number of carboxylic acids is 1. The number of hydrogen-bond donors (Lipinski definition) is 2. The van der Waals surface area contributed by atoms with Crippen LogP contribution < -0.4 is 5.32 Å². The summed E-state index contributed by atoms with van der Waals surface area (Å²) in [6.45, 7) is 2.07. The minimum atomic E-state index is -0.746. The van der Waals surface area contributed by atoms with Gasteiger partial charge in [0, 0.05) is 10.9 Å². The van der Waals surface area contributed by atoms with E-state index in [2.05, 4.69) is 36.5 Å². The minimum absolute atomic E-state index is 0.0606. The molecule has 0 fully saturated rings. The van der Waals surface area contributed by atoms with Gasteiger partial charge < -0.3 is 10.4 Å². The van der Waals surface area contributed by atoms with Gasteiger partial charge in [-0.2, -0.15) is 0 Å². The monoisotopic (exact) mass is 253 g/mol. The molecule has 0 bridgehead atoms. The second-order valence-electron chi connectivity index (χ2n) is 4.03. The standard InChI is InChI=1S/C13H19NO2S/c1-10-3-5-12(6-4-10)17-8-7-11(14-2)9-13(15)16/h3-6,11,14H,7-9H2,1-2H3,(H,15,16). The molecule has 1 unspecified atom stereocenters. The fourth-order valence-corrected chi connectivity index (χ4v) is 2.48. The Balaban J connectivity index is 2.30. The van der Waals surface area contributed by atoms with Crippen LogP contribution in [0.2, 0.25) is 0 Å². The third-order valence-corrected chi connectivity index (χ3v) is 3.63. The van der Waals surface area contributed by atoms with Crippen molar-refractivity contribution >= 4 is 17.7 Å². The fraction of sp³-hybridized carbons (Fsp3) is 0.462. The zero-order chi connectivity index (χ0) is 12.7. The predicted octanol–water partition coefficient (Wildman–Crippen LogP) is 2.54. The van der Waals surface area contributed by atoms with Gasteiger partial charge in [-0.25, -0.2) is 0 Å². The second-order valence-corrected chi connectivity index (χ2v) is 5.20. The SMILES string of the molecule is CNC(CCSc1ccc(C)cc1)CC(=O)O. The predicted molar refractivity (Wildman–Crippen MR) is 71.6 cm³/mol. The highest BCUT2D eigenvalue weighted by Gasteiger charge is 2.10. The van der Waals surface area contributed by atoms with E-state index in [1.54, 1.807) is 11.8 Å². The third kappa shape index (κ3) is 5.75. The maximum atomic E-state index is 10.6. The van der Waals surface area contributed by atoms with E-state index in [1.807, 2.05) is 7.05 Å². The first kappa shape index (κ1) is 14.1. The number of thioether (sulfide) groups is 1. The van der Waals surface area contributed by atoms with Crippen LogP contribution in [0, 0.1) is 6.92 Å². The van der Waals surface area contributed by atoms with Crippen LogP contribution in [-0.2, 0) is 4.79 Å². The molecular weight excluding hydrogens is 234 g/mol. The molecule has 94 valence electrons. The molecule has 17 heavy (non-hydrogen) atoms. The summed E-state index contributed by atoms with van der Waals surface area (Å²) in [6.07, 6.45) is 1.05. The van der Waals surface area contributed by atoms with Gasteiger partial charge in [-0.3, -0.25) is 4.79 Å². The Bertz CT molecular complexity index is 351. The molecule has 0 amide bonds. The number of aliphatic carboxylic acids is 1. The maximum absolute atomic E-state index is 10.6.